The number of nitrogens with one attached hydrogen (secondary N) is 1. The van der Waals surface area contributed by atoms with E-state index in [1.54, 1.807) is 30.3 Å². The Kier molecular flexibility index (Phi) is 3.52. The third-order valence-electron chi connectivity index (χ3n) is 2.47. The highest BCUT2D eigenvalue weighted by Gasteiger charge is 2.02. The van der Waals surface area contributed by atoms with Crippen LogP contribution in [0.2, 0.25) is 0 Å². The molecule has 1 aromatic heterocycles. The van der Waals surface area contributed by atoms with Crippen LogP contribution in [0.5, 0.6) is 0 Å². The Balaban J connectivity index is 2.02. The van der Waals surface area contributed by atoms with E-state index in [-0.39, 0.29) is 5.82 Å². The smallest absolute Gasteiger partial charge is 0.250 e. The number of halogens is 1. The third-order valence-corrected chi connectivity index (χ3v) is 2.47. The molecule has 0 aliphatic carbocycles. The lowest BCUT2D eigenvalue weighted by atomic mass is 10.2. The van der Waals surface area contributed by atoms with Crippen LogP contribution in [0.15, 0.2) is 42.6 Å². The van der Waals surface area contributed by atoms with Crippen molar-refractivity contribution in [2.24, 2.45) is 5.73 Å². The van der Waals surface area contributed by atoms with Gasteiger partial charge in [-0.3, -0.25) is 4.79 Å². The van der Waals surface area contributed by atoms with E-state index in [9.17, 15) is 9.18 Å². The summed E-state index contributed by atoms with van der Waals surface area (Å²) < 4.78 is 13.3. The zero-order chi connectivity index (χ0) is 13.0. The molecule has 0 bridgehead atoms. The molecule has 0 aliphatic heterocycles. The molecule has 2 aromatic rings. The van der Waals surface area contributed by atoms with Gasteiger partial charge in [-0.15, -0.1) is 0 Å². The largest absolute Gasteiger partial charge is 0.366 e. The number of amides is 1. The van der Waals surface area contributed by atoms with Gasteiger partial charge in [0.25, 0.3) is 0 Å². The Hall–Kier alpha value is -2.43. The highest BCUT2D eigenvalue weighted by atomic mass is 19.1. The van der Waals surface area contributed by atoms with Crippen LogP contribution >= 0.6 is 0 Å². The van der Waals surface area contributed by atoms with E-state index < -0.39 is 5.91 Å². The number of hydrogen-bond donors (Lipinski definition) is 2. The van der Waals surface area contributed by atoms with Crippen LogP contribution in [0.4, 0.5) is 10.2 Å². The van der Waals surface area contributed by atoms with Gasteiger partial charge in [0.15, 0.2) is 0 Å². The number of nitrogens with zero attached hydrogens (tertiary/aromatic N) is 1. The fourth-order valence-electron chi connectivity index (χ4n) is 1.47. The van der Waals surface area contributed by atoms with Crippen LogP contribution < -0.4 is 11.1 Å². The maximum Gasteiger partial charge on any atom is 0.250 e. The molecule has 18 heavy (non-hydrogen) atoms. The van der Waals surface area contributed by atoms with Gasteiger partial charge in [-0.2, -0.15) is 0 Å². The van der Waals surface area contributed by atoms with Gasteiger partial charge in [0.05, 0.1) is 5.56 Å². The van der Waals surface area contributed by atoms with Crippen molar-refractivity contribution in [2.45, 2.75) is 6.54 Å². The molecule has 0 fully saturated rings. The quantitative estimate of drug-likeness (QED) is 0.864. The zero-order valence-corrected chi connectivity index (χ0v) is 9.56. The molecule has 0 unspecified atom stereocenters. The first-order valence-corrected chi connectivity index (χ1v) is 5.40. The molecule has 5 heteroatoms. The van der Waals surface area contributed by atoms with Gasteiger partial charge < -0.3 is 11.1 Å². The van der Waals surface area contributed by atoms with Gasteiger partial charge in [0.2, 0.25) is 5.91 Å². The first-order valence-electron chi connectivity index (χ1n) is 5.40. The first-order chi connectivity index (χ1) is 8.66. The number of carbonyl (C=O) groups excluding carboxylic acids is 1. The number of rotatable bonds is 4. The number of carbonyl (C=O) groups is 1. The highest BCUT2D eigenvalue weighted by molar-refractivity contribution is 5.92. The average molecular weight is 245 g/mol. The van der Waals surface area contributed by atoms with E-state index in [1.165, 1.54) is 12.3 Å². The van der Waals surface area contributed by atoms with Crippen LogP contribution in [-0.2, 0) is 6.54 Å². The van der Waals surface area contributed by atoms with Crippen LogP contribution in [-0.4, -0.2) is 10.9 Å². The lowest BCUT2D eigenvalue weighted by molar-refractivity contribution is 0.1000. The second-order valence-corrected chi connectivity index (χ2v) is 3.74. The van der Waals surface area contributed by atoms with Gasteiger partial charge in [-0.1, -0.05) is 18.2 Å². The van der Waals surface area contributed by atoms with Gasteiger partial charge in [-0.25, -0.2) is 9.37 Å². The molecule has 2 rings (SSSR count). The molecule has 0 radical (unpaired) electrons. The van der Waals surface area contributed by atoms with Crippen LogP contribution in [0, 0.1) is 5.82 Å². The van der Waals surface area contributed by atoms with E-state index in [0.717, 1.165) is 0 Å². The SMILES string of the molecule is NC(=O)c1ccc(NCc2ccccc2F)nc1. The minimum Gasteiger partial charge on any atom is -0.366 e. The Morgan fingerprint density at radius 2 is 2.06 bits per heavy atom. The van der Waals surface area contributed by atoms with Crippen molar-refractivity contribution in [3.8, 4) is 0 Å². The zero-order valence-electron chi connectivity index (χ0n) is 9.56. The van der Waals surface area contributed by atoms with E-state index in [4.69, 9.17) is 5.73 Å². The molecule has 1 aromatic carbocycles. The number of anilines is 1. The van der Waals surface area contributed by atoms with Gasteiger partial charge in [0, 0.05) is 18.3 Å². The van der Waals surface area contributed by atoms with Crippen molar-refractivity contribution in [3.63, 3.8) is 0 Å². The van der Waals surface area contributed by atoms with Crippen molar-refractivity contribution in [3.05, 3.63) is 59.5 Å². The van der Waals surface area contributed by atoms with Crippen molar-refractivity contribution in [2.75, 3.05) is 5.32 Å². The van der Waals surface area contributed by atoms with Crippen LogP contribution in [0.3, 0.4) is 0 Å². The fourth-order valence-corrected chi connectivity index (χ4v) is 1.47. The number of aromatic nitrogens is 1. The Bertz CT molecular complexity index is 554. The summed E-state index contributed by atoms with van der Waals surface area (Å²) in [5.41, 5.74) is 5.99. The number of nitrogens with two attached hydrogens (primary N) is 1. The molecule has 3 N–H and O–H groups in total. The molecular formula is C13H12FN3O. The Morgan fingerprint density at radius 3 is 2.67 bits per heavy atom. The van der Waals surface area contributed by atoms with Crippen LogP contribution in [0.25, 0.3) is 0 Å². The summed E-state index contributed by atoms with van der Waals surface area (Å²) in [5.74, 6) is -0.231. The van der Waals surface area contributed by atoms with E-state index in [2.05, 4.69) is 10.3 Å². The maximum absolute atomic E-state index is 13.3. The molecule has 1 heterocycles. The molecule has 0 spiro atoms. The molecule has 0 aliphatic rings. The number of hydrogen-bond acceptors (Lipinski definition) is 3. The monoisotopic (exact) mass is 245 g/mol. The fraction of sp³-hybridized carbons (Fsp3) is 0.0769. The average Bonchev–Trinajstić information content (AvgIpc) is 2.38. The minimum absolute atomic E-state index is 0.265. The molecule has 1 amide bonds. The minimum atomic E-state index is -0.525. The topological polar surface area (TPSA) is 68.0 Å². The summed E-state index contributed by atoms with van der Waals surface area (Å²) in [7, 11) is 0. The summed E-state index contributed by atoms with van der Waals surface area (Å²) in [5, 5.41) is 2.96. The van der Waals surface area contributed by atoms with E-state index in [0.29, 0.717) is 23.5 Å². The summed E-state index contributed by atoms with van der Waals surface area (Å²) in [4.78, 5) is 14.9. The number of benzene rings is 1. The van der Waals surface area contributed by atoms with Gasteiger partial charge in [-0.05, 0) is 18.2 Å². The van der Waals surface area contributed by atoms with Crippen molar-refractivity contribution in [1.29, 1.82) is 0 Å². The lowest BCUT2D eigenvalue weighted by Crippen LogP contribution is -2.11. The summed E-state index contributed by atoms with van der Waals surface area (Å²) in [6, 6.07) is 9.70. The predicted octanol–water partition coefficient (Wildman–Crippen LogP) is 1.93. The summed E-state index contributed by atoms with van der Waals surface area (Å²) in [6.45, 7) is 0.329. The standard InChI is InChI=1S/C13H12FN3O/c14-11-4-2-1-3-9(11)7-16-12-6-5-10(8-17-12)13(15)18/h1-6,8H,7H2,(H2,15,18)(H,16,17). The van der Waals surface area contributed by atoms with Crippen LogP contribution in [0.1, 0.15) is 15.9 Å². The molecule has 92 valence electrons. The molecule has 0 saturated carbocycles. The number of primary amides is 1. The Morgan fingerprint density at radius 1 is 1.28 bits per heavy atom. The van der Waals surface area contributed by atoms with Gasteiger partial charge in [0.1, 0.15) is 11.6 Å². The maximum atomic E-state index is 13.3. The second kappa shape index (κ2) is 5.27. The van der Waals surface area contributed by atoms with E-state index >= 15 is 0 Å². The van der Waals surface area contributed by atoms with Gasteiger partial charge >= 0.3 is 0 Å². The molecular weight excluding hydrogens is 233 g/mol. The first kappa shape index (κ1) is 12.0. The summed E-state index contributed by atoms with van der Waals surface area (Å²) in [6.07, 6.45) is 1.38. The molecule has 0 saturated heterocycles. The molecule has 0 atom stereocenters. The van der Waals surface area contributed by atoms with Crippen molar-refractivity contribution < 1.29 is 9.18 Å². The third kappa shape index (κ3) is 2.82. The summed E-state index contributed by atoms with van der Waals surface area (Å²) >= 11 is 0. The predicted molar refractivity (Wildman–Crippen MR) is 66.5 cm³/mol. The van der Waals surface area contributed by atoms with E-state index in [1.807, 2.05) is 0 Å². The van der Waals surface area contributed by atoms with Crippen molar-refractivity contribution in [1.82, 2.24) is 4.98 Å². The second-order valence-electron chi connectivity index (χ2n) is 3.74. The normalized spacial score (nSPS) is 10.1. The number of pyridine rings is 1. The molecule has 4 nitrogen and oxygen atoms in total. The van der Waals surface area contributed by atoms with Crippen molar-refractivity contribution >= 4 is 11.7 Å². The lowest BCUT2D eigenvalue weighted by Gasteiger charge is -2.06. The highest BCUT2D eigenvalue weighted by Crippen LogP contribution is 2.10. The Labute approximate surface area is 104 Å².